The average Bonchev–Trinajstić information content (AvgIpc) is 2.27. The summed E-state index contributed by atoms with van der Waals surface area (Å²) in [6.07, 6.45) is 1.53. The van der Waals surface area contributed by atoms with E-state index in [0.29, 0.717) is 5.56 Å². The minimum atomic E-state index is -0.514. The molecule has 0 aromatic heterocycles. The molecule has 1 aromatic carbocycles. The number of aliphatic hydroxyl groups is 1. The molecule has 2 N–H and O–H groups in total. The van der Waals surface area contributed by atoms with E-state index in [0.717, 1.165) is 5.75 Å². The molecule has 0 saturated heterocycles. The molecule has 1 amide bonds. The summed E-state index contributed by atoms with van der Waals surface area (Å²) in [6.45, 7) is 1.92. The highest BCUT2D eigenvalue weighted by Gasteiger charge is 2.05. The van der Waals surface area contributed by atoms with E-state index in [1.54, 1.807) is 18.7 Å². The lowest BCUT2D eigenvalue weighted by Crippen LogP contribution is -2.30. The van der Waals surface area contributed by atoms with Gasteiger partial charge in [-0.25, -0.2) is 0 Å². The van der Waals surface area contributed by atoms with Crippen LogP contribution in [0.25, 0.3) is 0 Å². The molecule has 0 aliphatic heterocycles. The smallest absolute Gasteiger partial charge is 0.251 e. The summed E-state index contributed by atoms with van der Waals surface area (Å²) < 4.78 is 0. The third-order valence-corrected chi connectivity index (χ3v) is 2.71. The van der Waals surface area contributed by atoms with Crippen LogP contribution < -0.4 is 5.32 Å². The van der Waals surface area contributed by atoms with Crippen LogP contribution in [0.2, 0.25) is 0 Å². The van der Waals surface area contributed by atoms with Crippen LogP contribution in [0.4, 0.5) is 0 Å². The van der Waals surface area contributed by atoms with Crippen molar-refractivity contribution < 1.29 is 9.90 Å². The summed E-state index contributed by atoms with van der Waals surface area (Å²) in [4.78, 5) is 11.6. The lowest BCUT2D eigenvalue weighted by molar-refractivity contribution is 0.0924. The Bertz CT molecular complexity index is 335. The Morgan fingerprint density at radius 3 is 2.56 bits per heavy atom. The molecule has 1 aromatic rings. The summed E-state index contributed by atoms with van der Waals surface area (Å²) in [5.41, 5.74) is 1.84. The first-order chi connectivity index (χ1) is 7.63. The van der Waals surface area contributed by atoms with Gasteiger partial charge in [0.05, 0.1) is 6.10 Å². The number of aliphatic hydroxyl groups excluding tert-OH is 1. The second-order valence-electron chi connectivity index (χ2n) is 3.69. The monoisotopic (exact) mass is 239 g/mol. The molecule has 4 heteroatoms. The Kier molecular flexibility index (Phi) is 5.35. The van der Waals surface area contributed by atoms with Gasteiger partial charge in [-0.3, -0.25) is 4.79 Å². The lowest BCUT2D eigenvalue weighted by atomic mass is 10.1. The van der Waals surface area contributed by atoms with Gasteiger partial charge in [0.1, 0.15) is 0 Å². The summed E-state index contributed by atoms with van der Waals surface area (Å²) >= 11 is 1.75. The molecular weight excluding hydrogens is 222 g/mol. The highest BCUT2D eigenvalue weighted by molar-refractivity contribution is 7.97. The number of rotatable bonds is 5. The summed E-state index contributed by atoms with van der Waals surface area (Å²) in [5.74, 6) is 0.812. The Morgan fingerprint density at radius 2 is 2.06 bits per heavy atom. The van der Waals surface area contributed by atoms with E-state index >= 15 is 0 Å². The molecule has 0 aliphatic rings. The molecule has 0 unspecified atom stereocenters. The zero-order valence-corrected chi connectivity index (χ0v) is 10.4. The SMILES string of the molecule is CSCc1ccc(C(=O)NC[C@H](C)O)cc1. The third kappa shape index (κ3) is 4.24. The highest BCUT2D eigenvalue weighted by Crippen LogP contribution is 2.10. The van der Waals surface area contributed by atoms with Crippen molar-refractivity contribution in [2.24, 2.45) is 0 Å². The van der Waals surface area contributed by atoms with E-state index in [2.05, 4.69) is 5.32 Å². The van der Waals surface area contributed by atoms with E-state index in [9.17, 15) is 4.79 Å². The molecule has 1 rings (SSSR count). The van der Waals surface area contributed by atoms with E-state index < -0.39 is 6.10 Å². The third-order valence-electron chi connectivity index (χ3n) is 2.09. The van der Waals surface area contributed by atoms with Gasteiger partial charge in [0.25, 0.3) is 5.91 Å². The van der Waals surface area contributed by atoms with Crippen molar-refractivity contribution in [2.45, 2.75) is 18.8 Å². The van der Waals surface area contributed by atoms with Crippen molar-refractivity contribution >= 4 is 17.7 Å². The number of nitrogens with one attached hydrogen (secondary N) is 1. The van der Waals surface area contributed by atoms with Crippen LogP contribution in [0.3, 0.4) is 0 Å². The average molecular weight is 239 g/mol. The largest absolute Gasteiger partial charge is 0.392 e. The standard InChI is InChI=1S/C12H17NO2S/c1-9(14)7-13-12(15)11-5-3-10(4-6-11)8-16-2/h3-6,9,14H,7-8H2,1-2H3,(H,13,15)/t9-/m0/s1. The molecule has 0 aliphatic carbocycles. The number of hydrogen-bond acceptors (Lipinski definition) is 3. The molecule has 0 bridgehead atoms. The molecule has 16 heavy (non-hydrogen) atoms. The Morgan fingerprint density at radius 1 is 1.44 bits per heavy atom. The molecule has 0 radical (unpaired) electrons. The summed E-state index contributed by atoms with van der Waals surface area (Å²) in [7, 11) is 0. The van der Waals surface area contributed by atoms with Gasteiger partial charge in [0.15, 0.2) is 0 Å². The van der Waals surface area contributed by atoms with Crippen LogP contribution in [-0.2, 0) is 5.75 Å². The van der Waals surface area contributed by atoms with Crippen molar-refractivity contribution in [2.75, 3.05) is 12.8 Å². The van der Waals surface area contributed by atoms with E-state index in [1.165, 1.54) is 5.56 Å². The minimum Gasteiger partial charge on any atom is -0.392 e. The first-order valence-corrected chi connectivity index (χ1v) is 6.57. The first kappa shape index (κ1) is 13.1. The lowest BCUT2D eigenvalue weighted by Gasteiger charge is -2.07. The van der Waals surface area contributed by atoms with Crippen molar-refractivity contribution in [3.8, 4) is 0 Å². The van der Waals surface area contributed by atoms with Gasteiger partial charge in [-0.2, -0.15) is 11.8 Å². The minimum absolute atomic E-state index is 0.142. The van der Waals surface area contributed by atoms with E-state index in [1.807, 2.05) is 30.5 Å². The van der Waals surface area contributed by atoms with Gasteiger partial charge < -0.3 is 10.4 Å². The quantitative estimate of drug-likeness (QED) is 0.821. The Labute approximate surface area is 100 Å². The predicted molar refractivity (Wildman–Crippen MR) is 67.7 cm³/mol. The number of thioether (sulfide) groups is 1. The van der Waals surface area contributed by atoms with Gasteiger partial charge in [0, 0.05) is 17.9 Å². The van der Waals surface area contributed by atoms with Crippen LogP contribution in [0.15, 0.2) is 24.3 Å². The van der Waals surface area contributed by atoms with Gasteiger partial charge >= 0.3 is 0 Å². The fourth-order valence-electron chi connectivity index (χ4n) is 1.26. The van der Waals surface area contributed by atoms with Crippen LogP contribution >= 0.6 is 11.8 Å². The number of hydrogen-bond donors (Lipinski definition) is 2. The zero-order chi connectivity index (χ0) is 12.0. The second kappa shape index (κ2) is 6.55. The zero-order valence-electron chi connectivity index (χ0n) is 9.56. The predicted octanol–water partition coefficient (Wildman–Crippen LogP) is 1.66. The first-order valence-electron chi connectivity index (χ1n) is 5.17. The number of carbonyl (C=O) groups excluding carboxylic acids is 1. The molecule has 0 saturated carbocycles. The fraction of sp³-hybridized carbons (Fsp3) is 0.417. The van der Waals surface area contributed by atoms with Crippen LogP contribution in [-0.4, -0.2) is 29.9 Å². The molecule has 1 atom stereocenters. The number of amides is 1. The molecule has 88 valence electrons. The maximum atomic E-state index is 11.6. The molecule has 0 fully saturated rings. The maximum Gasteiger partial charge on any atom is 0.251 e. The number of carbonyl (C=O) groups is 1. The van der Waals surface area contributed by atoms with Gasteiger partial charge in [0.2, 0.25) is 0 Å². The molecule has 0 heterocycles. The van der Waals surface area contributed by atoms with Crippen molar-refractivity contribution in [3.05, 3.63) is 35.4 Å². The summed E-state index contributed by atoms with van der Waals surface area (Å²) in [5, 5.41) is 11.7. The van der Waals surface area contributed by atoms with Gasteiger partial charge in [-0.1, -0.05) is 12.1 Å². The van der Waals surface area contributed by atoms with Crippen molar-refractivity contribution in [3.63, 3.8) is 0 Å². The van der Waals surface area contributed by atoms with Crippen molar-refractivity contribution in [1.29, 1.82) is 0 Å². The van der Waals surface area contributed by atoms with Crippen LogP contribution in [0.1, 0.15) is 22.8 Å². The highest BCUT2D eigenvalue weighted by atomic mass is 32.2. The molecular formula is C12H17NO2S. The normalized spacial score (nSPS) is 12.2. The summed E-state index contributed by atoms with van der Waals surface area (Å²) in [6, 6.07) is 7.52. The van der Waals surface area contributed by atoms with Crippen molar-refractivity contribution in [1.82, 2.24) is 5.32 Å². The Hall–Kier alpha value is -1.00. The molecule has 0 spiro atoms. The van der Waals surface area contributed by atoms with Gasteiger partial charge in [-0.05, 0) is 30.9 Å². The van der Waals surface area contributed by atoms with E-state index in [-0.39, 0.29) is 12.5 Å². The van der Waals surface area contributed by atoms with E-state index in [4.69, 9.17) is 5.11 Å². The van der Waals surface area contributed by atoms with Crippen LogP contribution in [0, 0.1) is 0 Å². The number of benzene rings is 1. The molecule has 3 nitrogen and oxygen atoms in total. The van der Waals surface area contributed by atoms with Crippen LogP contribution in [0.5, 0.6) is 0 Å². The maximum absolute atomic E-state index is 11.6. The Balaban J connectivity index is 2.56. The fourth-order valence-corrected chi connectivity index (χ4v) is 1.79. The topological polar surface area (TPSA) is 49.3 Å². The van der Waals surface area contributed by atoms with Gasteiger partial charge in [-0.15, -0.1) is 0 Å². The second-order valence-corrected chi connectivity index (χ2v) is 4.56.